The average Bonchev–Trinajstić information content (AvgIpc) is 2.17. The summed E-state index contributed by atoms with van der Waals surface area (Å²) in [4.78, 5) is 34.3. The first-order valence-electron chi connectivity index (χ1n) is 5.48. The number of nitrogens with two attached hydrogens (primary N) is 1. The van der Waals surface area contributed by atoms with Crippen molar-refractivity contribution in [1.29, 1.82) is 0 Å². The first-order valence-corrected chi connectivity index (χ1v) is 5.48. The van der Waals surface area contributed by atoms with Crippen molar-refractivity contribution in [2.45, 2.75) is 27.2 Å². The average molecular weight is 235 g/mol. The highest BCUT2D eigenvalue weighted by Gasteiger charge is 2.30. The van der Waals surface area contributed by atoms with Crippen LogP contribution in [0.1, 0.15) is 27.2 Å². The molecule has 1 rings (SSSR count). The Labute approximate surface area is 101 Å². The molecule has 0 radical (unpaired) electrons. The number of carbonyl (C=O) groups is 3. The van der Waals surface area contributed by atoms with Crippen molar-refractivity contribution in [2.75, 3.05) is 0 Å². The van der Waals surface area contributed by atoms with Gasteiger partial charge in [0.1, 0.15) is 0 Å². The highest BCUT2D eigenvalue weighted by molar-refractivity contribution is 6.19. The Morgan fingerprint density at radius 2 is 1.88 bits per heavy atom. The first-order chi connectivity index (χ1) is 7.70. The molecule has 0 aromatic heterocycles. The molecule has 17 heavy (non-hydrogen) atoms. The SMILES string of the molecule is CC(C)(C)CC(C(N)=O)C1=CC(=O)C=CC1=O. The van der Waals surface area contributed by atoms with Gasteiger partial charge in [-0.1, -0.05) is 20.8 Å². The van der Waals surface area contributed by atoms with Gasteiger partial charge in [-0.25, -0.2) is 0 Å². The van der Waals surface area contributed by atoms with E-state index in [0.29, 0.717) is 6.42 Å². The van der Waals surface area contributed by atoms with E-state index in [0.717, 1.165) is 0 Å². The van der Waals surface area contributed by atoms with E-state index in [1.54, 1.807) is 0 Å². The lowest BCUT2D eigenvalue weighted by atomic mass is 9.78. The Kier molecular flexibility index (Phi) is 3.66. The number of carbonyl (C=O) groups excluding carboxylic acids is 3. The molecule has 92 valence electrons. The zero-order chi connectivity index (χ0) is 13.2. The standard InChI is InChI=1S/C13H17NO3/c1-13(2,3)7-10(12(14)17)9-6-8(15)4-5-11(9)16/h4-6,10H,7H2,1-3H3,(H2,14,17). The quantitative estimate of drug-likeness (QED) is 0.745. The topological polar surface area (TPSA) is 77.2 Å². The molecule has 1 aliphatic rings. The van der Waals surface area contributed by atoms with Gasteiger partial charge in [-0.05, 0) is 30.1 Å². The molecule has 0 aromatic carbocycles. The summed E-state index contributed by atoms with van der Waals surface area (Å²) in [7, 11) is 0. The third-order valence-corrected chi connectivity index (χ3v) is 2.52. The monoisotopic (exact) mass is 235 g/mol. The van der Waals surface area contributed by atoms with E-state index >= 15 is 0 Å². The van der Waals surface area contributed by atoms with Crippen LogP contribution >= 0.6 is 0 Å². The van der Waals surface area contributed by atoms with Gasteiger partial charge in [0, 0.05) is 5.57 Å². The maximum atomic E-state index is 11.7. The Morgan fingerprint density at radius 3 is 2.35 bits per heavy atom. The molecule has 0 aromatic rings. The highest BCUT2D eigenvalue weighted by atomic mass is 16.2. The summed E-state index contributed by atoms with van der Waals surface area (Å²) in [5.41, 5.74) is 5.38. The van der Waals surface area contributed by atoms with Gasteiger partial charge >= 0.3 is 0 Å². The maximum Gasteiger partial charge on any atom is 0.225 e. The van der Waals surface area contributed by atoms with E-state index < -0.39 is 11.8 Å². The molecule has 0 spiro atoms. The second kappa shape index (κ2) is 4.65. The molecule has 1 aliphatic carbocycles. The zero-order valence-corrected chi connectivity index (χ0v) is 10.3. The van der Waals surface area contributed by atoms with Crippen molar-refractivity contribution in [1.82, 2.24) is 0 Å². The van der Waals surface area contributed by atoms with Crippen LogP contribution in [0.25, 0.3) is 0 Å². The molecule has 0 fully saturated rings. The second-order valence-corrected chi connectivity index (χ2v) is 5.42. The molecular formula is C13H17NO3. The van der Waals surface area contributed by atoms with Gasteiger partial charge in [-0.15, -0.1) is 0 Å². The molecule has 1 amide bonds. The van der Waals surface area contributed by atoms with Gasteiger partial charge in [0.15, 0.2) is 11.6 Å². The molecule has 0 saturated carbocycles. The molecule has 0 aliphatic heterocycles. The van der Waals surface area contributed by atoms with E-state index in [1.807, 2.05) is 20.8 Å². The highest BCUT2D eigenvalue weighted by Crippen LogP contribution is 2.30. The normalized spacial score (nSPS) is 17.9. The Bertz CT molecular complexity index is 424. The van der Waals surface area contributed by atoms with E-state index in [9.17, 15) is 14.4 Å². The smallest absolute Gasteiger partial charge is 0.225 e. The van der Waals surface area contributed by atoms with Gasteiger partial charge in [0.05, 0.1) is 5.92 Å². The first kappa shape index (κ1) is 13.4. The minimum Gasteiger partial charge on any atom is -0.369 e. The summed E-state index contributed by atoms with van der Waals surface area (Å²) in [6.45, 7) is 5.86. The lowest BCUT2D eigenvalue weighted by Gasteiger charge is -2.25. The molecule has 4 heteroatoms. The zero-order valence-electron chi connectivity index (χ0n) is 10.3. The lowest BCUT2D eigenvalue weighted by Crippen LogP contribution is -2.32. The molecule has 0 bridgehead atoms. The number of primary amides is 1. The molecule has 0 saturated heterocycles. The predicted molar refractivity (Wildman–Crippen MR) is 64.0 cm³/mol. The summed E-state index contributed by atoms with van der Waals surface area (Å²) >= 11 is 0. The molecule has 2 N–H and O–H groups in total. The van der Waals surface area contributed by atoms with Crippen molar-refractivity contribution in [3.8, 4) is 0 Å². The van der Waals surface area contributed by atoms with Crippen LogP contribution in [0.5, 0.6) is 0 Å². The maximum absolute atomic E-state index is 11.7. The van der Waals surface area contributed by atoms with Crippen molar-refractivity contribution in [3.05, 3.63) is 23.8 Å². The molecule has 1 atom stereocenters. The fourth-order valence-corrected chi connectivity index (χ4v) is 1.78. The van der Waals surface area contributed by atoms with Gasteiger partial charge in [-0.2, -0.15) is 0 Å². The van der Waals surface area contributed by atoms with Crippen LogP contribution < -0.4 is 5.73 Å². The van der Waals surface area contributed by atoms with Crippen molar-refractivity contribution in [3.63, 3.8) is 0 Å². The van der Waals surface area contributed by atoms with Crippen LogP contribution in [0.4, 0.5) is 0 Å². The van der Waals surface area contributed by atoms with Gasteiger partial charge < -0.3 is 5.73 Å². The Hall–Kier alpha value is -1.71. The minimum atomic E-state index is -0.698. The molecular weight excluding hydrogens is 218 g/mol. The largest absolute Gasteiger partial charge is 0.369 e. The van der Waals surface area contributed by atoms with Crippen LogP contribution in [-0.4, -0.2) is 17.5 Å². The van der Waals surface area contributed by atoms with Gasteiger partial charge in [0.2, 0.25) is 5.91 Å². The van der Waals surface area contributed by atoms with Crippen LogP contribution in [0, 0.1) is 11.3 Å². The third-order valence-electron chi connectivity index (χ3n) is 2.52. The third kappa shape index (κ3) is 3.66. The van der Waals surface area contributed by atoms with E-state index in [-0.39, 0.29) is 22.6 Å². The predicted octanol–water partition coefficient (Wildman–Crippen LogP) is 1.16. The van der Waals surface area contributed by atoms with Crippen LogP contribution in [0.2, 0.25) is 0 Å². The lowest BCUT2D eigenvalue weighted by molar-refractivity contribution is -0.123. The summed E-state index contributed by atoms with van der Waals surface area (Å²) in [6.07, 6.45) is 4.04. The molecule has 0 heterocycles. The number of allylic oxidation sites excluding steroid dienone is 3. The number of ketones is 2. The Morgan fingerprint density at radius 1 is 1.29 bits per heavy atom. The molecule has 1 unspecified atom stereocenters. The number of hydrogen-bond donors (Lipinski definition) is 1. The van der Waals surface area contributed by atoms with E-state index in [1.165, 1.54) is 18.2 Å². The van der Waals surface area contributed by atoms with E-state index in [2.05, 4.69) is 0 Å². The summed E-state index contributed by atoms with van der Waals surface area (Å²) in [6, 6.07) is 0. The molecule has 4 nitrogen and oxygen atoms in total. The van der Waals surface area contributed by atoms with Crippen molar-refractivity contribution < 1.29 is 14.4 Å². The van der Waals surface area contributed by atoms with Crippen LogP contribution in [-0.2, 0) is 14.4 Å². The number of amides is 1. The Balaban J connectivity index is 3.03. The summed E-state index contributed by atoms with van der Waals surface area (Å²) < 4.78 is 0. The minimum absolute atomic E-state index is 0.148. The summed E-state index contributed by atoms with van der Waals surface area (Å²) in [5.74, 6) is -1.85. The number of hydrogen-bond acceptors (Lipinski definition) is 3. The van der Waals surface area contributed by atoms with Gasteiger partial charge in [0.25, 0.3) is 0 Å². The van der Waals surface area contributed by atoms with Crippen LogP contribution in [0.3, 0.4) is 0 Å². The van der Waals surface area contributed by atoms with Crippen LogP contribution in [0.15, 0.2) is 23.8 Å². The summed E-state index contributed by atoms with van der Waals surface area (Å²) in [5, 5.41) is 0. The number of rotatable bonds is 3. The van der Waals surface area contributed by atoms with Crippen molar-refractivity contribution in [2.24, 2.45) is 17.1 Å². The van der Waals surface area contributed by atoms with Gasteiger partial charge in [-0.3, -0.25) is 14.4 Å². The second-order valence-electron chi connectivity index (χ2n) is 5.42. The fraction of sp³-hybridized carbons (Fsp3) is 0.462. The fourth-order valence-electron chi connectivity index (χ4n) is 1.78. The van der Waals surface area contributed by atoms with E-state index in [4.69, 9.17) is 5.73 Å². The van der Waals surface area contributed by atoms with Crippen molar-refractivity contribution >= 4 is 17.5 Å².